The number of unbranched alkanes of at least 4 members (excludes halogenated alkanes) is 1. The smallest absolute Gasteiger partial charge is 0.335 e. The Labute approximate surface area is 129 Å². The van der Waals surface area contributed by atoms with E-state index in [2.05, 4.69) is 12.2 Å². The van der Waals surface area contributed by atoms with Gasteiger partial charge in [0, 0.05) is 17.6 Å². The maximum Gasteiger partial charge on any atom is 0.335 e. The summed E-state index contributed by atoms with van der Waals surface area (Å²) in [4.78, 5) is 11.3. The number of carbonyl (C=O) groups is 1. The van der Waals surface area contributed by atoms with Crippen LogP contribution < -0.4 is 14.8 Å². The number of rotatable bonds is 7. The van der Waals surface area contributed by atoms with Crippen molar-refractivity contribution in [2.75, 3.05) is 26.1 Å². The van der Waals surface area contributed by atoms with Gasteiger partial charge in [-0.2, -0.15) is 0 Å². The topological polar surface area (TPSA) is 67.8 Å². The Bertz CT molecular complexity index is 682. The van der Waals surface area contributed by atoms with Gasteiger partial charge >= 0.3 is 5.97 Å². The maximum atomic E-state index is 11.3. The van der Waals surface area contributed by atoms with Crippen molar-refractivity contribution in [1.29, 1.82) is 0 Å². The Morgan fingerprint density at radius 3 is 2.41 bits per heavy atom. The number of benzene rings is 2. The Balaban J connectivity index is 2.59. The summed E-state index contributed by atoms with van der Waals surface area (Å²) >= 11 is 0. The Morgan fingerprint density at radius 1 is 1.14 bits per heavy atom. The van der Waals surface area contributed by atoms with Gasteiger partial charge in [-0.3, -0.25) is 0 Å². The predicted molar refractivity (Wildman–Crippen MR) is 87.4 cm³/mol. The zero-order valence-electron chi connectivity index (χ0n) is 13.1. The third-order valence-electron chi connectivity index (χ3n) is 3.55. The van der Waals surface area contributed by atoms with Gasteiger partial charge in [0.05, 0.1) is 19.8 Å². The van der Waals surface area contributed by atoms with Gasteiger partial charge in [-0.05, 0) is 36.1 Å². The number of nitrogens with one attached hydrogen (secondary N) is 1. The van der Waals surface area contributed by atoms with Crippen molar-refractivity contribution in [3.8, 4) is 11.5 Å². The molecule has 0 unspecified atom stereocenters. The summed E-state index contributed by atoms with van der Waals surface area (Å²) in [6, 6.07) is 6.97. The van der Waals surface area contributed by atoms with Gasteiger partial charge < -0.3 is 19.9 Å². The monoisotopic (exact) mass is 303 g/mol. The number of carboxylic acids is 1. The molecular formula is C17H21NO4. The van der Waals surface area contributed by atoms with Crippen molar-refractivity contribution >= 4 is 22.4 Å². The number of aromatic carboxylic acids is 1. The molecule has 0 amide bonds. The molecule has 0 heterocycles. The number of hydrogen-bond donors (Lipinski definition) is 2. The van der Waals surface area contributed by atoms with Gasteiger partial charge in [0.1, 0.15) is 0 Å². The van der Waals surface area contributed by atoms with Crippen molar-refractivity contribution < 1.29 is 19.4 Å². The van der Waals surface area contributed by atoms with Gasteiger partial charge in [-0.1, -0.05) is 13.3 Å². The van der Waals surface area contributed by atoms with Crippen LogP contribution in [0.2, 0.25) is 0 Å². The second-order valence-electron chi connectivity index (χ2n) is 5.04. The lowest BCUT2D eigenvalue weighted by atomic mass is 10.0. The van der Waals surface area contributed by atoms with Crippen molar-refractivity contribution in [3.05, 3.63) is 29.8 Å². The molecule has 2 aromatic rings. The summed E-state index contributed by atoms with van der Waals surface area (Å²) in [6.45, 7) is 2.91. The fraction of sp³-hybridized carbons (Fsp3) is 0.353. The first kappa shape index (κ1) is 15.9. The van der Waals surface area contributed by atoms with Crippen molar-refractivity contribution in [2.24, 2.45) is 0 Å². The second kappa shape index (κ2) is 7.02. The number of carboxylic acid groups (broad SMARTS) is 1. The van der Waals surface area contributed by atoms with Crippen LogP contribution in [0.4, 0.5) is 5.69 Å². The molecular weight excluding hydrogens is 282 g/mol. The van der Waals surface area contributed by atoms with Gasteiger partial charge in [0.2, 0.25) is 0 Å². The summed E-state index contributed by atoms with van der Waals surface area (Å²) in [5.74, 6) is 0.254. The number of hydrogen-bond acceptors (Lipinski definition) is 4. The van der Waals surface area contributed by atoms with Crippen molar-refractivity contribution in [1.82, 2.24) is 0 Å². The van der Waals surface area contributed by atoms with Crippen LogP contribution in [0.5, 0.6) is 11.5 Å². The van der Waals surface area contributed by atoms with Crippen LogP contribution in [0.15, 0.2) is 24.3 Å². The molecule has 0 aromatic heterocycles. The first-order valence-corrected chi connectivity index (χ1v) is 7.27. The lowest BCUT2D eigenvalue weighted by Gasteiger charge is -2.14. The number of ether oxygens (including phenoxy) is 2. The molecule has 0 saturated carbocycles. The number of methoxy groups -OCH3 is 2. The molecule has 2 N–H and O–H groups in total. The minimum atomic E-state index is -0.949. The highest BCUT2D eigenvalue weighted by atomic mass is 16.5. The molecule has 0 saturated heterocycles. The van der Waals surface area contributed by atoms with Gasteiger partial charge in [0.25, 0.3) is 0 Å². The normalized spacial score (nSPS) is 10.5. The van der Waals surface area contributed by atoms with Crippen LogP contribution in [0, 0.1) is 0 Å². The highest BCUT2D eigenvalue weighted by Crippen LogP contribution is 2.36. The molecule has 118 valence electrons. The molecule has 2 rings (SSSR count). The first-order valence-electron chi connectivity index (χ1n) is 7.27. The van der Waals surface area contributed by atoms with E-state index in [1.165, 1.54) is 0 Å². The lowest BCUT2D eigenvalue weighted by molar-refractivity contribution is 0.0697. The molecule has 0 aliphatic carbocycles. The molecule has 0 radical (unpaired) electrons. The van der Waals surface area contributed by atoms with E-state index in [1.54, 1.807) is 32.4 Å². The summed E-state index contributed by atoms with van der Waals surface area (Å²) < 4.78 is 10.6. The van der Waals surface area contributed by atoms with Crippen LogP contribution in [0.25, 0.3) is 10.8 Å². The van der Waals surface area contributed by atoms with Crippen LogP contribution >= 0.6 is 0 Å². The van der Waals surface area contributed by atoms with E-state index in [0.717, 1.165) is 35.8 Å². The number of fused-ring (bicyclic) bond motifs is 1. The molecule has 0 aliphatic rings. The molecule has 0 bridgehead atoms. The molecule has 0 aliphatic heterocycles. The van der Waals surface area contributed by atoms with E-state index in [4.69, 9.17) is 9.47 Å². The van der Waals surface area contributed by atoms with E-state index in [9.17, 15) is 9.90 Å². The minimum absolute atomic E-state index is 0.249. The van der Waals surface area contributed by atoms with Crippen LogP contribution in [-0.2, 0) is 0 Å². The van der Waals surface area contributed by atoms with E-state index in [-0.39, 0.29) is 5.56 Å². The molecule has 0 fully saturated rings. The molecule has 0 atom stereocenters. The van der Waals surface area contributed by atoms with Crippen LogP contribution in [0.3, 0.4) is 0 Å². The average Bonchev–Trinajstić information content (AvgIpc) is 2.53. The Kier molecular flexibility index (Phi) is 5.09. The fourth-order valence-corrected chi connectivity index (χ4v) is 2.36. The quantitative estimate of drug-likeness (QED) is 0.762. The van der Waals surface area contributed by atoms with Gasteiger partial charge in [-0.15, -0.1) is 0 Å². The molecule has 5 nitrogen and oxygen atoms in total. The standard InChI is InChI=1S/C17H21NO4/c1-4-5-6-18-14-8-12(17(19)20)7-11-9-15(21-2)16(22-3)10-13(11)14/h7-10,18H,4-6H2,1-3H3,(H,19,20). The van der Waals surface area contributed by atoms with E-state index in [0.29, 0.717) is 11.5 Å². The third-order valence-corrected chi connectivity index (χ3v) is 3.55. The van der Waals surface area contributed by atoms with E-state index >= 15 is 0 Å². The SMILES string of the molecule is CCCCNc1cc(C(=O)O)cc2cc(OC)c(OC)cc12. The highest BCUT2D eigenvalue weighted by molar-refractivity contribution is 6.02. The zero-order valence-corrected chi connectivity index (χ0v) is 13.1. The second-order valence-corrected chi connectivity index (χ2v) is 5.04. The third kappa shape index (κ3) is 3.24. The molecule has 22 heavy (non-hydrogen) atoms. The molecule has 5 heteroatoms. The fourth-order valence-electron chi connectivity index (χ4n) is 2.36. The van der Waals surface area contributed by atoms with Crippen LogP contribution in [-0.4, -0.2) is 31.8 Å². The van der Waals surface area contributed by atoms with E-state index in [1.807, 2.05) is 6.07 Å². The summed E-state index contributed by atoms with van der Waals surface area (Å²) in [5.41, 5.74) is 1.04. The Morgan fingerprint density at radius 2 is 1.82 bits per heavy atom. The molecule has 2 aromatic carbocycles. The number of anilines is 1. The van der Waals surface area contributed by atoms with Crippen LogP contribution in [0.1, 0.15) is 30.1 Å². The summed E-state index contributed by atoms with van der Waals surface area (Å²) in [5, 5.41) is 14.3. The van der Waals surface area contributed by atoms with Crippen molar-refractivity contribution in [2.45, 2.75) is 19.8 Å². The van der Waals surface area contributed by atoms with Gasteiger partial charge in [0.15, 0.2) is 11.5 Å². The lowest BCUT2D eigenvalue weighted by Crippen LogP contribution is -2.04. The average molecular weight is 303 g/mol. The highest BCUT2D eigenvalue weighted by Gasteiger charge is 2.13. The predicted octanol–water partition coefficient (Wildman–Crippen LogP) is 3.77. The van der Waals surface area contributed by atoms with Gasteiger partial charge in [-0.25, -0.2) is 4.79 Å². The maximum absolute atomic E-state index is 11.3. The first-order chi connectivity index (χ1) is 10.6. The largest absolute Gasteiger partial charge is 0.493 e. The summed E-state index contributed by atoms with van der Waals surface area (Å²) in [6.07, 6.45) is 2.09. The summed E-state index contributed by atoms with van der Waals surface area (Å²) in [7, 11) is 3.14. The minimum Gasteiger partial charge on any atom is -0.493 e. The van der Waals surface area contributed by atoms with E-state index < -0.39 is 5.97 Å². The Hall–Kier alpha value is -2.43. The van der Waals surface area contributed by atoms with Crippen molar-refractivity contribution in [3.63, 3.8) is 0 Å². The molecule has 0 spiro atoms. The zero-order chi connectivity index (χ0) is 16.1.